The number of para-hydroxylation sites is 1. The van der Waals surface area contributed by atoms with Gasteiger partial charge in [0, 0.05) is 25.9 Å². The fourth-order valence-corrected chi connectivity index (χ4v) is 2.86. The number of ether oxygens (including phenoxy) is 3. The second-order valence-electron chi connectivity index (χ2n) is 7.67. The summed E-state index contributed by atoms with van der Waals surface area (Å²) in [6, 6.07) is 5.84. The molecule has 26 heavy (non-hydrogen) atoms. The van der Waals surface area contributed by atoms with Crippen LogP contribution in [0.5, 0.6) is 5.75 Å². The maximum atomic E-state index is 12.1. The molecular weight excluding hydrogens is 334 g/mol. The van der Waals surface area contributed by atoms with E-state index >= 15 is 0 Å². The molecule has 0 atom stereocenters. The molecule has 0 radical (unpaired) electrons. The molecule has 1 heterocycles. The molecule has 2 rings (SSSR count). The average Bonchev–Trinajstić information content (AvgIpc) is 2.53. The van der Waals surface area contributed by atoms with Gasteiger partial charge in [0.1, 0.15) is 17.5 Å². The van der Waals surface area contributed by atoms with Crippen molar-refractivity contribution in [1.82, 2.24) is 4.90 Å². The van der Waals surface area contributed by atoms with Gasteiger partial charge < -0.3 is 19.1 Å². The number of esters is 1. The molecule has 0 unspecified atom stereocenters. The molecule has 0 saturated carbocycles. The zero-order valence-corrected chi connectivity index (χ0v) is 16.3. The lowest BCUT2D eigenvalue weighted by molar-refractivity contribution is -0.153. The van der Waals surface area contributed by atoms with E-state index in [9.17, 15) is 9.59 Å². The quantitative estimate of drug-likeness (QED) is 0.765. The Hall–Kier alpha value is -2.24. The molecule has 1 amide bonds. The molecule has 0 aromatic heterocycles. The van der Waals surface area contributed by atoms with Crippen LogP contribution in [0, 0.1) is 13.8 Å². The summed E-state index contributed by atoms with van der Waals surface area (Å²) in [5.41, 5.74) is 1.47. The number of nitrogens with zero attached hydrogens (tertiary/aromatic N) is 1. The molecule has 0 N–H and O–H groups in total. The highest BCUT2D eigenvalue weighted by atomic mass is 16.6. The van der Waals surface area contributed by atoms with Crippen molar-refractivity contribution in [1.29, 1.82) is 0 Å². The van der Waals surface area contributed by atoms with Gasteiger partial charge in [-0.05, 0) is 45.7 Å². The predicted molar refractivity (Wildman–Crippen MR) is 98.3 cm³/mol. The van der Waals surface area contributed by atoms with E-state index in [2.05, 4.69) is 0 Å². The number of hydrogen-bond donors (Lipinski definition) is 0. The first-order valence-corrected chi connectivity index (χ1v) is 9.02. The minimum absolute atomic E-state index is 0.113. The normalized spacial score (nSPS) is 15.5. The third-order valence-corrected chi connectivity index (χ3v) is 4.13. The van der Waals surface area contributed by atoms with Gasteiger partial charge in [-0.1, -0.05) is 18.2 Å². The predicted octanol–water partition coefficient (Wildman–Crippen LogP) is 3.62. The lowest BCUT2D eigenvalue weighted by atomic mass is 10.1. The summed E-state index contributed by atoms with van der Waals surface area (Å²) in [6.07, 6.45) is 0.700. The minimum atomic E-state index is -0.508. The SMILES string of the molecule is Cc1cccc(C)c1OCC(=O)OC1CCN(C(=O)OC(C)(C)C)CC1. The topological polar surface area (TPSA) is 65.1 Å². The lowest BCUT2D eigenvalue weighted by Gasteiger charge is -2.33. The van der Waals surface area contributed by atoms with Crippen LogP contribution in [0.15, 0.2) is 18.2 Å². The van der Waals surface area contributed by atoms with Crippen LogP contribution in [0.1, 0.15) is 44.7 Å². The first-order chi connectivity index (χ1) is 12.2. The molecule has 1 fully saturated rings. The Morgan fingerprint density at radius 2 is 1.69 bits per heavy atom. The lowest BCUT2D eigenvalue weighted by Crippen LogP contribution is -2.44. The van der Waals surface area contributed by atoms with E-state index in [1.54, 1.807) is 4.90 Å². The van der Waals surface area contributed by atoms with E-state index in [1.807, 2.05) is 52.8 Å². The minimum Gasteiger partial charge on any atom is -0.481 e. The Morgan fingerprint density at radius 1 is 1.12 bits per heavy atom. The highest BCUT2D eigenvalue weighted by molar-refractivity contribution is 5.71. The number of hydrogen-bond acceptors (Lipinski definition) is 5. The molecule has 1 aliphatic heterocycles. The summed E-state index contributed by atoms with van der Waals surface area (Å²) >= 11 is 0. The number of carbonyl (C=O) groups excluding carboxylic acids is 2. The van der Waals surface area contributed by atoms with Crippen molar-refractivity contribution >= 4 is 12.1 Å². The van der Waals surface area contributed by atoms with Gasteiger partial charge >= 0.3 is 12.1 Å². The molecule has 6 nitrogen and oxygen atoms in total. The van der Waals surface area contributed by atoms with E-state index in [-0.39, 0.29) is 24.8 Å². The highest BCUT2D eigenvalue weighted by Gasteiger charge is 2.28. The third-order valence-electron chi connectivity index (χ3n) is 4.13. The molecule has 144 valence electrons. The standard InChI is InChI=1S/C20H29NO5/c1-14-7-6-8-15(2)18(14)24-13-17(22)25-16-9-11-21(12-10-16)19(23)26-20(3,4)5/h6-8,16H,9-13H2,1-5H3. The van der Waals surface area contributed by atoms with Crippen LogP contribution >= 0.6 is 0 Å². The fraction of sp³-hybridized carbons (Fsp3) is 0.600. The van der Waals surface area contributed by atoms with Crippen molar-refractivity contribution in [2.75, 3.05) is 19.7 Å². The largest absolute Gasteiger partial charge is 0.481 e. The van der Waals surface area contributed by atoms with Crippen LogP contribution in [0.3, 0.4) is 0 Å². The zero-order valence-electron chi connectivity index (χ0n) is 16.3. The second-order valence-corrected chi connectivity index (χ2v) is 7.67. The number of rotatable bonds is 4. The van der Waals surface area contributed by atoms with Crippen molar-refractivity contribution in [3.05, 3.63) is 29.3 Å². The number of carbonyl (C=O) groups is 2. The van der Waals surface area contributed by atoms with Crippen molar-refractivity contribution in [2.45, 2.75) is 59.2 Å². The maximum absolute atomic E-state index is 12.1. The molecule has 1 aromatic carbocycles. The molecule has 0 spiro atoms. The fourth-order valence-electron chi connectivity index (χ4n) is 2.86. The Morgan fingerprint density at radius 3 is 2.23 bits per heavy atom. The summed E-state index contributed by atoms with van der Waals surface area (Å²) in [5.74, 6) is 0.340. The highest BCUT2D eigenvalue weighted by Crippen LogP contribution is 2.22. The van der Waals surface area contributed by atoms with Crippen LogP contribution in [0.2, 0.25) is 0 Å². The molecule has 1 saturated heterocycles. The van der Waals surface area contributed by atoms with Crippen molar-refractivity contribution in [2.24, 2.45) is 0 Å². The Kier molecular flexibility index (Phi) is 6.51. The number of likely N-dealkylation sites (tertiary alicyclic amines) is 1. The van der Waals surface area contributed by atoms with Crippen LogP contribution in [0.25, 0.3) is 0 Å². The average molecular weight is 363 g/mol. The molecule has 0 aliphatic carbocycles. The second kappa shape index (κ2) is 8.43. The summed E-state index contributed by atoms with van der Waals surface area (Å²) in [7, 11) is 0. The zero-order chi connectivity index (χ0) is 19.3. The molecule has 1 aromatic rings. The Labute approximate surface area is 155 Å². The third kappa shape index (κ3) is 5.93. The number of amides is 1. The summed E-state index contributed by atoms with van der Waals surface area (Å²) in [5, 5.41) is 0. The Balaban J connectivity index is 1.75. The van der Waals surface area contributed by atoms with Gasteiger partial charge in [-0.3, -0.25) is 0 Å². The van der Waals surface area contributed by atoms with Crippen molar-refractivity contribution in [3.8, 4) is 5.75 Å². The summed E-state index contributed by atoms with van der Waals surface area (Å²) < 4.78 is 16.5. The number of piperidine rings is 1. The van der Waals surface area contributed by atoms with Gasteiger partial charge in [0.2, 0.25) is 0 Å². The van der Waals surface area contributed by atoms with E-state index in [0.29, 0.717) is 25.9 Å². The summed E-state index contributed by atoms with van der Waals surface area (Å²) in [6.45, 7) is 10.3. The number of aryl methyl sites for hydroxylation is 2. The first-order valence-electron chi connectivity index (χ1n) is 9.02. The first kappa shape index (κ1) is 20.1. The van der Waals surface area contributed by atoms with E-state index < -0.39 is 5.60 Å². The smallest absolute Gasteiger partial charge is 0.410 e. The van der Waals surface area contributed by atoms with E-state index in [4.69, 9.17) is 14.2 Å². The van der Waals surface area contributed by atoms with Gasteiger partial charge in [-0.15, -0.1) is 0 Å². The van der Waals surface area contributed by atoms with Crippen LogP contribution in [-0.2, 0) is 14.3 Å². The Bertz CT molecular complexity index is 622. The molecular formula is C20H29NO5. The molecule has 1 aliphatic rings. The van der Waals surface area contributed by atoms with E-state index in [0.717, 1.165) is 16.9 Å². The summed E-state index contributed by atoms with van der Waals surface area (Å²) in [4.78, 5) is 25.8. The number of benzene rings is 1. The monoisotopic (exact) mass is 363 g/mol. The van der Waals surface area contributed by atoms with Gasteiger partial charge in [0.25, 0.3) is 0 Å². The van der Waals surface area contributed by atoms with Gasteiger partial charge in [-0.25, -0.2) is 9.59 Å². The van der Waals surface area contributed by atoms with Crippen molar-refractivity contribution in [3.63, 3.8) is 0 Å². The van der Waals surface area contributed by atoms with Gasteiger partial charge in [-0.2, -0.15) is 0 Å². The molecule has 0 bridgehead atoms. The van der Waals surface area contributed by atoms with Gasteiger partial charge in [0.15, 0.2) is 6.61 Å². The van der Waals surface area contributed by atoms with E-state index in [1.165, 1.54) is 0 Å². The van der Waals surface area contributed by atoms with Crippen LogP contribution in [-0.4, -0.2) is 48.4 Å². The van der Waals surface area contributed by atoms with Gasteiger partial charge in [0.05, 0.1) is 0 Å². The maximum Gasteiger partial charge on any atom is 0.410 e. The van der Waals surface area contributed by atoms with Crippen LogP contribution in [0.4, 0.5) is 4.79 Å². The van der Waals surface area contributed by atoms with Crippen molar-refractivity contribution < 1.29 is 23.8 Å². The molecule has 6 heteroatoms. The van der Waals surface area contributed by atoms with Crippen LogP contribution < -0.4 is 4.74 Å².